The molecule has 2 aromatic rings. The number of likely N-dealkylation sites (tertiary alicyclic amines) is 1. The number of alkyl halides is 3. The zero-order valence-electron chi connectivity index (χ0n) is 19.8. The van der Waals surface area contributed by atoms with Crippen LogP contribution in [-0.2, 0) is 24.1 Å². The highest BCUT2D eigenvalue weighted by atomic mass is 19.4. The summed E-state index contributed by atoms with van der Waals surface area (Å²) >= 11 is 0. The van der Waals surface area contributed by atoms with Crippen LogP contribution in [0.5, 0.6) is 0 Å². The average molecular weight is 508 g/mol. The molecule has 0 bridgehead atoms. The minimum Gasteiger partial charge on any atom is -0.370 e. The molecule has 3 aliphatic rings. The number of carbonyl (C=O) groups excluding carboxylic acids is 1. The Balaban J connectivity index is 1.11. The van der Waals surface area contributed by atoms with E-state index in [9.17, 15) is 27.2 Å². The summed E-state index contributed by atoms with van der Waals surface area (Å²) in [5.41, 5.74) is -0.343. The SMILES string of the molecule is O=C(CN1CCn2c(cc(C(F)(F)F)cc2=O)C1)NC1CCN(C2CCN(c3ccc(F)cc3)C2)C1. The van der Waals surface area contributed by atoms with Crippen molar-refractivity contribution in [1.29, 1.82) is 0 Å². The van der Waals surface area contributed by atoms with Crippen LogP contribution >= 0.6 is 0 Å². The van der Waals surface area contributed by atoms with Gasteiger partial charge < -0.3 is 14.8 Å². The molecule has 0 spiro atoms. The molecule has 1 aromatic carbocycles. The molecular weight excluding hydrogens is 478 g/mol. The van der Waals surface area contributed by atoms with Crippen molar-refractivity contribution in [2.75, 3.05) is 44.2 Å². The molecule has 1 N–H and O–H groups in total. The van der Waals surface area contributed by atoms with Crippen LogP contribution in [-0.4, -0.2) is 71.6 Å². The molecule has 7 nitrogen and oxygen atoms in total. The number of benzene rings is 1. The summed E-state index contributed by atoms with van der Waals surface area (Å²) in [6.45, 7) is 4.26. The van der Waals surface area contributed by atoms with E-state index in [1.807, 2.05) is 0 Å². The first-order chi connectivity index (χ1) is 17.2. The van der Waals surface area contributed by atoms with Gasteiger partial charge in [-0.1, -0.05) is 0 Å². The Morgan fingerprint density at radius 1 is 1.00 bits per heavy atom. The Labute approximate surface area is 206 Å². The predicted molar refractivity (Wildman–Crippen MR) is 126 cm³/mol. The summed E-state index contributed by atoms with van der Waals surface area (Å²) in [4.78, 5) is 31.2. The summed E-state index contributed by atoms with van der Waals surface area (Å²) in [5.74, 6) is -0.412. The molecule has 4 heterocycles. The molecule has 11 heteroatoms. The highest BCUT2D eigenvalue weighted by Gasteiger charge is 2.35. The van der Waals surface area contributed by atoms with Gasteiger partial charge in [0.2, 0.25) is 5.91 Å². The van der Waals surface area contributed by atoms with Crippen molar-refractivity contribution < 1.29 is 22.4 Å². The molecule has 1 amide bonds. The highest BCUT2D eigenvalue weighted by Crippen LogP contribution is 2.29. The van der Waals surface area contributed by atoms with E-state index in [1.54, 1.807) is 17.0 Å². The van der Waals surface area contributed by atoms with Crippen molar-refractivity contribution in [3.63, 3.8) is 0 Å². The van der Waals surface area contributed by atoms with Crippen LogP contribution in [0.25, 0.3) is 0 Å². The van der Waals surface area contributed by atoms with Crippen LogP contribution in [0.3, 0.4) is 0 Å². The van der Waals surface area contributed by atoms with Crippen LogP contribution in [0, 0.1) is 5.82 Å². The van der Waals surface area contributed by atoms with E-state index in [2.05, 4.69) is 15.1 Å². The van der Waals surface area contributed by atoms with E-state index in [0.29, 0.717) is 18.7 Å². The Morgan fingerprint density at radius 3 is 2.53 bits per heavy atom. The highest BCUT2D eigenvalue weighted by molar-refractivity contribution is 5.78. The number of carbonyl (C=O) groups is 1. The smallest absolute Gasteiger partial charge is 0.370 e. The number of nitrogens with one attached hydrogen (secondary N) is 1. The number of amides is 1. The quantitative estimate of drug-likeness (QED) is 0.630. The second-order valence-corrected chi connectivity index (χ2v) is 9.85. The van der Waals surface area contributed by atoms with Gasteiger partial charge in [-0.15, -0.1) is 0 Å². The molecule has 2 fully saturated rings. The fourth-order valence-corrected chi connectivity index (χ4v) is 5.52. The maximum Gasteiger partial charge on any atom is 0.416 e. The van der Waals surface area contributed by atoms with Crippen LogP contribution in [0.1, 0.15) is 24.1 Å². The van der Waals surface area contributed by atoms with Crippen molar-refractivity contribution in [3.8, 4) is 0 Å². The van der Waals surface area contributed by atoms with Gasteiger partial charge in [0.05, 0.1) is 12.1 Å². The molecule has 2 unspecified atom stereocenters. The molecule has 1 aromatic heterocycles. The number of halogens is 4. The number of pyridine rings is 1. The Bertz CT molecular complexity index is 1170. The van der Waals surface area contributed by atoms with E-state index >= 15 is 0 Å². The molecule has 0 radical (unpaired) electrons. The summed E-state index contributed by atoms with van der Waals surface area (Å²) in [6.07, 6.45) is -2.74. The number of fused-ring (bicyclic) bond motifs is 1. The number of hydrogen-bond acceptors (Lipinski definition) is 5. The zero-order chi connectivity index (χ0) is 25.4. The van der Waals surface area contributed by atoms with Gasteiger partial charge in [-0.25, -0.2) is 4.39 Å². The maximum absolute atomic E-state index is 13.2. The van der Waals surface area contributed by atoms with Gasteiger partial charge in [-0.3, -0.25) is 19.4 Å². The summed E-state index contributed by atoms with van der Waals surface area (Å²) in [6, 6.07) is 8.55. The third kappa shape index (κ3) is 5.41. The van der Waals surface area contributed by atoms with Crippen LogP contribution in [0.4, 0.5) is 23.2 Å². The number of nitrogens with zero attached hydrogens (tertiary/aromatic N) is 4. The van der Waals surface area contributed by atoms with Crippen molar-refractivity contribution >= 4 is 11.6 Å². The number of hydrogen-bond donors (Lipinski definition) is 1. The Morgan fingerprint density at radius 2 is 1.78 bits per heavy atom. The van der Waals surface area contributed by atoms with Crippen molar-refractivity contribution in [2.24, 2.45) is 0 Å². The molecule has 5 rings (SSSR count). The molecule has 2 saturated heterocycles. The monoisotopic (exact) mass is 507 g/mol. The normalized spacial score (nSPS) is 23.2. The average Bonchev–Trinajstić information content (AvgIpc) is 3.48. The maximum atomic E-state index is 13.2. The fraction of sp³-hybridized carbons (Fsp3) is 0.520. The Kier molecular flexibility index (Phi) is 6.78. The number of rotatable bonds is 5. The summed E-state index contributed by atoms with van der Waals surface area (Å²) in [7, 11) is 0. The van der Waals surface area contributed by atoms with Gasteiger partial charge in [0.15, 0.2) is 0 Å². The van der Waals surface area contributed by atoms with E-state index in [-0.39, 0.29) is 43.1 Å². The lowest BCUT2D eigenvalue weighted by atomic mass is 10.1. The number of anilines is 1. The largest absolute Gasteiger partial charge is 0.416 e. The van der Waals surface area contributed by atoms with Crippen molar-refractivity contribution in [3.05, 3.63) is 63.8 Å². The lowest BCUT2D eigenvalue weighted by Gasteiger charge is -2.30. The molecule has 2 atom stereocenters. The van der Waals surface area contributed by atoms with E-state index in [4.69, 9.17) is 0 Å². The minimum atomic E-state index is -4.59. The lowest BCUT2D eigenvalue weighted by Crippen LogP contribution is -2.47. The zero-order valence-corrected chi connectivity index (χ0v) is 19.8. The standard InChI is InChI=1S/C25H29F4N5O2/c26-18-1-3-20(4-2-18)33-8-6-21(15-33)32-7-5-19(13-32)30-23(35)16-31-9-10-34-22(14-31)11-17(12-24(34)36)25(27,28)29/h1-4,11-12,19,21H,5-10,13-16H2,(H,30,35). The van der Waals surface area contributed by atoms with Gasteiger partial charge in [-0.05, 0) is 43.2 Å². The fourth-order valence-electron chi connectivity index (χ4n) is 5.52. The van der Waals surface area contributed by atoms with Gasteiger partial charge in [-0.2, -0.15) is 13.2 Å². The predicted octanol–water partition coefficient (Wildman–Crippen LogP) is 2.29. The van der Waals surface area contributed by atoms with E-state index in [0.717, 1.165) is 50.8 Å². The second kappa shape index (κ2) is 9.85. The molecule has 3 aliphatic heterocycles. The number of aromatic nitrogens is 1. The van der Waals surface area contributed by atoms with Gasteiger partial charge >= 0.3 is 6.18 Å². The third-order valence-corrected chi connectivity index (χ3v) is 7.39. The molecule has 194 valence electrons. The van der Waals surface area contributed by atoms with Gasteiger partial charge in [0, 0.05) is 75.3 Å². The lowest BCUT2D eigenvalue weighted by molar-refractivity contribution is -0.138. The first-order valence-corrected chi connectivity index (χ1v) is 12.2. The third-order valence-electron chi connectivity index (χ3n) is 7.39. The van der Waals surface area contributed by atoms with Gasteiger partial charge in [0.25, 0.3) is 5.56 Å². The van der Waals surface area contributed by atoms with E-state index in [1.165, 1.54) is 16.7 Å². The summed E-state index contributed by atoms with van der Waals surface area (Å²) in [5, 5.41) is 3.07. The van der Waals surface area contributed by atoms with Crippen molar-refractivity contribution in [2.45, 2.75) is 44.2 Å². The minimum absolute atomic E-state index is 0.0221. The van der Waals surface area contributed by atoms with Crippen LogP contribution in [0.2, 0.25) is 0 Å². The van der Waals surface area contributed by atoms with Crippen molar-refractivity contribution in [1.82, 2.24) is 19.7 Å². The molecule has 0 saturated carbocycles. The summed E-state index contributed by atoms with van der Waals surface area (Å²) < 4.78 is 53.8. The van der Waals surface area contributed by atoms with Crippen LogP contribution in [0.15, 0.2) is 41.2 Å². The molecular formula is C25H29F4N5O2. The second-order valence-electron chi connectivity index (χ2n) is 9.85. The molecule has 36 heavy (non-hydrogen) atoms. The van der Waals surface area contributed by atoms with Crippen LogP contribution < -0.4 is 15.8 Å². The first-order valence-electron chi connectivity index (χ1n) is 12.2. The van der Waals surface area contributed by atoms with E-state index < -0.39 is 17.3 Å². The van der Waals surface area contributed by atoms with Gasteiger partial charge in [0.1, 0.15) is 5.82 Å². The Hall–Kier alpha value is -2.92. The first kappa shape index (κ1) is 24.8. The molecule has 0 aliphatic carbocycles. The topological polar surface area (TPSA) is 60.8 Å².